The number of carbonyl (C=O) groups is 1. The number of amides is 1. The van der Waals surface area contributed by atoms with Crippen LogP contribution < -0.4 is 16.0 Å². The quantitative estimate of drug-likeness (QED) is 0.734. The molecule has 2 aromatic rings. The Bertz CT molecular complexity index is 901. The minimum atomic E-state index is -3.78. The van der Waals surface area contributed by atoms with Crippen LogP contribution in [0.15, 0.2) is 34.0 Å². The van der Waals surface area contributed by atoms with Crippen LogP contribution in [0.4, 0.5) is 5.69 Å². The van der Waals surface area contributed by atoms with E-state index in [0.717, 1.165) is 0 Å². The number of primary sulfonamides is 1. The van der Waals surface area contributed by atoms with Gasteiger partial charge in [-0.25, -0.2) is 18.5 Å². The van der Waals surface area contributed by atoms with Crippen LogP contribution in [0, 0.1) is 13.8 Å². The summed E-state index contributed by atoms with van der Waals surface area (Å²) in [4.78, 5) is 30.5. The smallest absolute Gasteiger partial charge is 0.254 e. The second kappa shape index (κ2) is 6.31. The summed E-state index contributed by atoms with van der Waals surface area (Å²) in [7, 11) is -3.78. The number of hydrogen-bond acceptors (Lipinski definition) is 5. The van der Waals surface area contributed by atoms with Gasteiger partial charge in [0, 0.05) is 16.9 Å². The van der Waals surface area contributed by atoms with Gasteiger partial charge >= 0.3 is 0 Å². The van der Waals surface area contributed by atoms with Crippen LogP contribution in [0.2, 0.25) is 0 Å². The first-order chi connectivity index (χ1) is 10.7. The van der Waals surface area contributed by atoms with Crippen molar-refractivity contribution in [2.24, 2.45) is 5.14 Å². The van der Waals surface area contributed by atoms with Gasteiger partial charge in [-0.1, -0.05) is 0 Å². The molecule has 0 aliphatic carbocycles. The van der Waals surface area contributed by atoms with Crippen LogP contribution in [0.3, 0.4) is 0 Å². The molecule has 8 nitrogen and oxygen atoms in total. The molecule has 4 N–H and O–H groups in total. The van der Waals surface area contributed by atoms with Gasteiger partial charge in [0.05, 0.1) is 11.3 Å². The first kappa shape index (κ1) is 16.8. The Hall–Kier alpha value is -2.52. The summed E-state index contributed by atoms with van der Waals surface area (Å²) < 4.78 is 22.3. The third kappa shape index (κ3) is 4.24. The number of sulfonamides is 1. The van der Waals surface area contributed by atoms with Crippen molar-refractivity contribution >= 4 is 21.6 Å². The molecule has 0 spiro atoms. The highest BCUT2D eigenvalue weighted by molar-refractivity contribution is 7.89. The lowest BCUT2D eigenvalue weighted by Crippen LogP contribution is -2.24. The molecule has 0 fully saturated rings. The fourth-order valence-corrected chi connectivity index (χ4v) is 2.57. The Labute approximate surface area is 132 Å². The highest BCUT2D eigenvalue weighted by Crippen LogP contribution is 2.13. The second-order valence-corrected chi connectivity index (χ2v) is 6.57. The van der Waals surface area contributed by atoms with Gasteiger partial charge < -0.3 is 10.3 Å². The number of H-pyrrole nitrogens is 1. The molecule has 1 amide bonds. The van der Waals surface area contributed by atoms with Crippen molar-refractivity contribution in [1.82, 2.24) is 9.97 Å². The summed E-state index contributed by atoms with van der Waals surface area (Å²) in [6.07, 6.45) is -0.134. The maximum Gasteiger partial charge on any atom is 0.254 e. The van der Waals surface area contributed by atoms with Crippen LogP contribution >= 0.6 is 0 Å². The van der Waals surface area contributed by atoms with Crippen LogP contribution in [0.5, 0.6) is 0 Å². The Kier molecular flexibility index (Phi) is 4.62. The van der Waals surface area contributed by atoms with E-state index in [2.05, 4.69) is 15.3 Å². The molecule has 0 saturated carbocycles. The fourth-order valence-electron chi connectivity index (χ4n) is 2.05. The number of aryl methyl sites for hydroxylation is 2. The zero-order chi connectivity index (χ0) is 17.2. The van der Waals surface area contributed by atoms with Crippen molar-refractivity contribution in [3.8, 4) is 0 Å². The largest absolute Gasteiger partial charge is 0.326 e. The number of nitrogens with zero attached hydrogens (tertiary/aromatic N) is 1. The Morgan fingerprint density at radius 2 is 1.87 bits per heavy atom. The van der Waals surface area contributed by atoms with E-state index < -0.39 is 15.9 Å². The zero-order valence-corrected chi connectivity index (χ0v) is 13.4. The number of benzene rings is 1. The van der Waals surface area contributed by atoms with E-state index >= 15 is 0 Å². The van der Waals surface area contributed by atoms with Crippen LogP contribution in [0.1, 0.15) is 17.1 Å². The number of anilines is 1. The molecule has 122 valence electrons. The number of aromatic nitrogens is 2. The van der Waals surface area contributed by atoms with Crippen molar-refractivity contribution in [3.05, 3.63) is 51.7 Å². The average Bonchev–Trinajstić information content (AvgIpc) is 2.42. The van der Waals surface area contributed by atoms with Crippen molar-refractivity contribution in [1.29, 1.82) is 0 Å². The molecule has 0 aliphatic rings. The molecule has 2 rings (SSSR count). The van der Waals surface area contributed by atoms with E-state index in [-0.39, 0.29) is 22.4 Å². The van der Waals surface area contributed by atoms with Crippen LogP contribution in [-0.4, -0.2) is 24.3 Å². The minimum absolute atomic E-state index is 0.0504. The molecule has 0 radical (unpaired) electrons. The van der Waals surface area contributed by atoms with Gasteiger partial charge in [-0.15, -0.1) is 0 Å². The van der Waals surface area contributed by atoms with Crippen molar-refractivity contribution in [2.75, 3.05) is 5.32 Å². The SMILES string of the molecule is Cc1nc(C)c(CC(=O)Nc2ccc(S(N)(=O)=O)cc2)c(=O)[nH]1. The number of carbonyl (C=O) groups excluding carboxylic acids is 1. The molecule has 1 aromatic carbocycles. The number of nitrogens with two attached hydrogens (primary N) is 1. The molecule has 0 saturated heterocycles. The molecular formula is C14H16N4O4S. The number of rotatable bonds is 4. The predicted octanol–water partition coefficient (Wildman–Crippen LogP) is 0.215. The monoisotopic (exact) mass is 336 g/mol. The zero-order valence-electron chi connectivity index (χ0n) is 12.6. The van der Waals surface area contributed by atoms with E-state index in [4.69, 9.17) is 5.14 Å². The molecule has 0 unspecified atom stereocenters. The Morgan fingerprint density at radius 3 is 2.39 bits per heavy atom. The number of aromatic amines is 1. The number of hydrogen-bond donors (Lipinski definition) is 3. The topological polar surface area (TPSA) is 135 Å². The first-order valence-electron chi connectivity index (χ1n) is 6.66. The van der Waals surface area contributed by atoms with Gasteiger partial charge in [0.25, 0.3) is 5.56 Å². The van der Waals surface area contributed by atoms with Gasteiger partial charge in [-0.05, 0) is 38.1 Å². The molecular weight excluding hydrogens is 320 g/mol. The molecule has 1 aromatic heterocycles. The standard InChI is InChI=1S/C14H16N4O4S/c1-8-12(14(20)17-9(2)16-8)7-13(19)18-10-3-5-11(6-4-10)23(15,21)22/h3-6H,7H2,1-2H3,(H,18,19)(H2,15,21,22)(H,16,17,20). The van der Waals surface area contributed by atoms with E-state index in [0.29, 0.717) is 17.2 Å². The lowest BCUT2D eigenvalue weighted by atomic mass is 10.1. The van der Waals surface area contributed by atoms with E-state index in [1.807, 2.05) is 0 Å². The predicted molar refractivity (Wildman–Crippen MR) is 84.5 cm³/mol. The van der Waals surface area contributed by atoms with Crippen molar-refractivity contribution in [2.45, 2.75) is 25.2 Å². The minimum Gasteiger partial charge on any atom is -0.326 e. The summed E-state index contributed by atoms with van der Waals surface area (Å²) >= 11 is 0. The first-order valence-corrected chi connectivity index (χ1v) is 8.20. The fraction of sp³-hybridized carbons (Fsp3) is 0.214. The molecule has 0 bridgehead atoms. The van der Waals surface area contributed by atoms with Crippen LogP contribution in [-0.2, 0) is 21.2 Å². The van der Waals surface area contributed by atoms with Crippen molar-refractivity contribution < 1.29 is 13.2 Å². The summed E-state index contributed by atoms with van der Waals surface area (Å²) in [5, 5.41) is 7.58. The maximum absolute atomic E-state index is 12.0. The number of nitrogens with one attached hydrogen (secondary N) is 2. The second-order valence-electron chi connectivity index (χ2n) is 5.01. The third-order valence-electron chi connectivity index (χ3n) is 3.14. The summed E-state index contributed by atoms with van der Waals surface area (Å²) in [6.45, 7) is 3.32. The van der Waals surface area contributed by atoms with Gasteiger partial charge in [0.15, 0.2) is 0 Å². The third-order valence-corrected chi connectivity index (χ3v) is 4.07. The summed E-state index contributed by atoms with van der Waals surface area (Å²) in [6, 6.07) is 5.41. The molecule has 1 heterocycles. The highest BCUT2D eigenvalue weighted by Gasteiger charge is 2.13. The normalized spacial score (nSPS) is 11.3. The van der Waals surface area contributed by atoms with Gasteiger partial charge in [-0.3, -0.25) is 9.59 Å². The highest BCUT2D eigenvalue weighted by atomic mass is 32.2. The molecule has 9 heteroatoms. The van der Waals surface area contributed by atoms with Gasteiger partial charge in [0.1, 0.15) is 5.82 Å². The molecule has 0 aliphatic heterocycles. The summed E-state index contributed by atoms with van der Waals surface area (Å²) in [5.74, 6) is 0.0721. The van der Waals surface area contributed by atoms with Crippen LogP contribution in [0.25, 0.3) is 0 Å². The molecule has 23 heavy (non-hydrogen) atoms. The molecule has 0 atom stereocenters. The lowest BCUT2D eigenvalue weighted by molar-refractivity contribution is -0.115. The van der Waals surface area contributed by atoms with Crippen molar-refractivity contribution in [3.63, 3.8) is 0 Å². The van der Waals surface area contributed by atoms with E-state index in [9.17, 15) is 18.0 Å². The van der Waals surface area contributed by atoms with Gasteiger partial charge in [-0.2, -0.15) is 0 Å². The van der Waals surface area contributed by atoms with E-state index in [1.54, 1.807) is 13.8 Å². The van der Waals surface area contributed by atoms with E-state index in [1.165, 1.54) is 24.3 Å². The Morgan fingerprint density at radius 1 is 1.26 bits per heavy atom. The van der Waals surface area contributed by atoms with Gasteiger partial charge in [0.2, 0.25) is 15.9 Å². The lowest BCUT2D eigenvalue weighted by Gasteiger charge is -2.07. The Balaban J connectivity index is 2.13. The maximum atomic E-state index is 12.0. The average molecular weight is 336 g/mol. The summed E-state index contributed by atoms with van der Waals surface area (Å²) in [5.41, 5.74) is 0.825.